The minimum absolute atomic E-state index is 0.170. The van der Waals surface area contributed by atoms with E-state index in [4.69, 9.17) is 16.1 Å². The summed E-state index contributed by atoms with van der Waals surface area (Å²) in [6, 6.07) is 17.9. The van der Waals surface area contributed by atoms with Gasteiger partial charge in [-0.2, -0.15) is 0 Å². The minimum atomic E-state index is -0.482. The van der Waals surface area contributed by atoms with E-state index in [1.807, 2.05) is 36.4 Å². The second-order valence-corrected chi connectivity index (χ2v) is 11.8. The maximum Gasteiger partial charge on any atom is 0.276 e. The molecule has 0 spiro atoms. The van der Waals surface area contributed by atoms with Gasteiger partial charge in [0.2, 0.25) is 0 Å². The number of ether oxygens (including phenoxy) is 1. The number of pyridine rings is 1. The molecule has 218 valence electrons. The zero-order valence-corrected chi connectivity index (χ0v) is 24.8. The van der Waals surface area contributed by atoms with Gasteiger partial charge in [0.25, 0.3) is 11.8 Å². The second-order valence-electron chi connectivity index (χ2n) is 10.8. The molecule has 1 N–H and O–H groups in total. The van der Waals surface area contributed by atoms with E-state index in [0.29, 0.717) is 47.0 Å². The van der Waals surface area contributed by atoms with Crippen molar-refractivity contribution in [2.75, 3.05) is 41.9 Å². The number of thiophene rings is 1. The lowest BCUT2D eigenvalue weighted by Crippen LogP contribution is -2.35. The van der Waals surface area contributed by atoms with Crippen LogP contribution in [0.15, 0.2) is 60.7 Å². The van der Waals surface area contributed by atoms with Gasteiger partial charge in [0.15, 0.2) is 0 Å². The molecular weight excluding hydrogens is 563 g/mol. The summed E-state index contributed by atoms with van der Waals surface area (Å²) in [5.74, 6) is 2.36. The Kier molecular flexibility index (Phi) is 7.98. The van der Waals surface area contributed by atoms with Crippen molar-refractivity contribution in [3.63, 3.8) is 0 Å². The first-order chi connectivity index (χ1) is 20.9. The number of anilines is 3. The van der Waals surface area contributed by atoms with Crippen molar-refractivity contribution in [1.82, 2.24) is 4.98 Å². The molecule has 0 radical (unpaired) electrons. The lowest BCUT2D eigenvalue weighted by molar-refractivity contribution is 0.0981. The van der Waals surface area contributed by atoms with E-state index in [-0.39, 0.29) is 23.5 Å². The van der Waals surface area contributed by atoms with Gasteiger partial charge in [0.05, 0.1) is 28.9 Å². The summed E-state index contributed by atoms with van der Waals surface area (Å²) in [4.78, 5) is 37.4. The number of carbonyl (C=O) groups is 2. The molecule has 1 fully saturated rings. The molecule has 0 unspecified atom stereocenters. The highest BCUT2D eigenvalue weighted by Crippen LogP contribution is 2.42. The number of hydrogen-bond acceptors (Lipinski definition) is 6. The first-order valence-electron chi connectivity index (χ1n) is 14.2. The number of methoxy groups -OCH3 is 1. The summed E-state index contributed by atoms with van der Waals surface area (Å²) in [5.41, 5.74) is 4.22. The van der Waals surface area contributed by atoms with Crippen LogP contribution in [0.1, 0.15) is 49.7 Å². The van der Waals surface area contributed by atoms with Crippen LogP contribution in [-0.4, -0.2) is 49.6 Å². The number of halogens is 1. The molecule has 0 bridgehead atoms. The van der Waals surface area contributed by atoms with Gasteiger partial charge in [-0.3, -0.25) is 9.59 Å². The van der Waals surface area contributed by atoms with E-state index in [1.54, 1.807) is 37.1 Å². The van der Waals surface area contributed by atoms with Crippen molar-refractivity contribution >= 4 is 40.3 Å². The predicted molar refractivity (Wildman–Crippen MR) is 169 cm³/mol. The fourth-order valence-corrected chi connectivity index (χ4v) is 7.00. The number of fused-ring (bicyclic) bond motifs is 3. The SMILES string of the molecule is C#Cc1ccc2c(c1)N(C(=O)c1cccc(N3CCC[C@@H]3COC)n1)CCc1cc(C(=O)Nc3c(C)cccc3F)sc1-2. The number of aryl methyl sites for hydroxylation is 1. The molecule has 1 saturated heterocycles. The van der Waals surface area contributed by atoms with E-state index in [0.717, 1.165) is 41.2 Å². The molecule has 7 nitrogen and oxygen atoms in total. The second kappa shape index (κ2) is 12.0. The molecule has 1 atom stereocenters. The lowest BCUT2D eigenvalue weighted by atomic mass is 10.0. The quantitative estimate of drug-likeness (QED) is 0.265. The number of aromatic nitrogens is 1. The average molecular weight is 595 g/mol. The van der Waals surface area contributed by atoms with Gasteiger partial charge >= 0.3 is 0 Å². The monoisotopic (exact) mass is 594 g/mol. The van der Waals surface area contributed by atoms with Crippen molar-refractivity contribution < 1.29 is 18.7 Å². The molecule has 2 aromatic carbocycles. The number of nitrogens with zero attached hydrogens (tertiary/aromatic N) is 3. The average Bonchev–Trinajstić information content (AvgIpc) is 3.63. The molecule has 4 aromatic rings. The highest BCUT2D eigenvalue weighted by atomic mass is 32.1. The van der Waals surface area contributed by atoms with Crippen LogP contribution in [0.3, 0.4) is 0 Å². The highest BCUT2D eigenvalue weighted by Gasteiger charge is 2.30. The normalized spacial score (nSPS) is 15.8. The number of hydrogen-bond donors (Lipinski definition) is 1. The van der Waals surface area contributed by atoms with Crippen molar-refractivity contribution in [2.45, 2.75) is 32.2 Å². The van der Waals surface area contributed by atoms with Gasteiger partial charge in [0, 0.05) is 36.2 Å². The van der Waals surface area contributed by atoms with E-state index in [1.165, 1.54) is 17.4 Å². The zero-order valence-electron chi connectivity index (χ0n) is 24.0. The topological polar surface area (TPSA) is 74.8 Å². The number of amides is 2. The fraction of sp³-hybridized carbons (Fsp3) is 0.265. The van der Waals surface area contributed by atoms with Gasteiger partial charge < -0.3 is 19.9 Å². The molecule has 6 rings (SSSR count). The van der Waals surface area contributed by atoms with Gasteiger partial charge in [-0.15, -0.1) is 17.8 Å². The van der Waals surface area contributed by atoms with Crippen LogP contribution in [0.4, 0.5) is 21.6 Å². The maximum absolute atomic E-state index is 14.4. The fourth-order valence-electron chi connectivity index (χ4n) is 5.86. The summed E-state index contributed by atoms with van der Waals surface area (Å²) in [5, 5.41) is 2.73. The Hall–Kier alpha value is -4.52. The third-order valence-electron chi connectivity index (χ3n) is 8.03. The van der Waals surface area contributed by atoms with Crippen LogP contribution in [0, 0.1) is 25.1 Å². The zero-order chi connectivity index (χ0) is 30.1. The van der Waals surface area contributed by atoms with Gasteiger partial charge in [-0.25, -0.2) is 9.37 Å². The number of para-hydroxylation sites is 1. The summed E-state index contributed by atoms with van der Waals surface area (Å²) < 4.78 is 19.8. The van der Waals surface area contributed by atoms with Gasteiger partial charge in [-0.05, 0) is 73.7 Å². The Balaban J connectivity index is 1.33. The van der Waals surface area contributed by atoms with E-state index in [2.05, 4.69) is 16.1 Å². The summed E-state index contributed by atoms with van der Waals surface area (Å²) in [7, 11) is 1.70. The van der Waals surface area contributed by atoms with Crippen LogP contribution in [0.25, 0.3) is 10.4 Å². The summed E-state index contributed by atoms with van der Waals surface area (Å²) >= 11 is 1.32. The molecule has 4 heterocycles. The molecule has 0 aliphatic carbocycles. The Morgan fingerprint density at radius 1 is 1.16 bits per heavy atom. The molecule has 2 aliphatic heterocycles. The van der Waals surface area contributed by atoms with Crippen molar-refractivity contribution in [1.29, 1.82) is 0 Å². The van der Waals surface area contributed by atoms with Crippen LogP contribution >= 0.6 is 11.3 Å². The first kappa shape index (κ1) is 28.6. The molecule has 43 heavy (non-hydrogen) atoms. The highest BCUT2D eigenvalue weighted by molar-refractivity contribution is 7.17. The standard InChI is InChI=1S/C34H31FN4O3S/c1-4-22-13-14-25-28(18-22)39(34(41)27-11-6-12-30(36-27)38-16-7-9-24(38)20-42-3)17-15-23-19-29(43-32(23)25)33(40)37-31-21(2)8-5-10-26(31)35/h1,5-6,8,10-14,18-19,24H,7,9,15-17,20H2,2-3H3,(H,37,40)/t24-/m1/s1. The van der Waals surface area contributed by atoms with Gasteiger partial charge in [-0.1, -0.05) is 30.2 Å². The first-order valence-corrected chi connectivity index (χ1v) is 15.0. The Morgan fingerprint density at radius 3 is 2.79 bits per heavy atom. The number of nitrogens with one attached hydrogen (secondary N) is 1. The number of carbonyl (C=O) groups excluding carboxylic acids is 2. The van der Waals surface area contributed by atoms with Crippen LogP contribution in [0.2, 0.25) is 0 Å². The number of terminal acetylenes is 1. The predicted octanol–water partition coefficient (Wildman–Crippen LogP) is 6.31. The molecule has 2 amide bonds. The van der Waals surface area contributed by atoms with Crippen molar-refractivity contribution in [3.8, 4) is 22.8 Å². The molecule has 0 saturated carbocycles. The summed E-state index contributed by atoms with van der Waals surface area (Å²) in [6.07, 6.45) is 8.34. The van der Waals surface area contributed by atoms with E-state index < -0.39 is 5.82 Å². The van der Waals surface area contributed by atoms with Crippen molar-refractivity contribution in [2.24, 2.45) is 0 Å². The third kappa shape index (κ3) is 5.52. The van der Waals surface area contributed by atoms with Gasteiger partial charge in [0.1, 0.15) is 17.3 Å². The summed E-state index contributed by atoms with van der Waals surface area (Å²) in [6.45, 7) is 3.60. The third-order valence-corrected chi connectivity index (χ3v) is 9.24. The van der Waals surface area contributed by atoms with Crippen LogP contribution in [0.5, 0.6) is 0 Å². The largest absolute Gasteiger partial charge is 0.383 e. The Bertz CT molecular complexity index is 1740. The minimum Gasteiger partial charge on any atom is -0.383 e. The van der Waals surface area contributed by atoms with Crippen LogP contribution < -0.4 is 15.1 Å². The Labute approximate surface area is 254 Å². The van der Waals surface area contributed by atoms with E-state index >= 15 is 0 Å². The van der Waals surface area contributed by atoms with Crippen molar-refractivity contribution in [3.05, 3.63) is 93.7 Å². The molecular formula is C34H31FN4O3S. The van der Waals surface area contributed by atoms with E-state index in [9.17, 15) is 14.0 Å². The smallest absolute Gasteiger partial charge is 0.276 e. The lowest BCUT2D eigenvalue weighted by Gasteiger charge is -2.26. The number of rotatable bonds is 6. The molecule has 2 aromatic heterocycles. The molecule has 9 heteroatoms. The molecule has 2 aliphatic rings. The Morgan fingerprint density at radius 2 is 2.00 bits per heavy atom. The maximum atomic E-state index is 14.4. The van der Waals surface area contributed by atoms with Crippen LogP contribution in [-0.2, 0) is 11.2 Å². The number of benzene rings is 2.